The van der Waals surface area contributed by atoms with Gasteiger partial charge in [-0.1, -0.05) is 17.7 Å². The number of carbonyl (C=O) groups excluding carboxylic acids is 1. The van der Waals surface area contributed by atoms with Crippen LogP contribution in [0.3, 0.4) is 0 Å². The number of anilines is 1. The molecule has 1 aromatic heterocycles. The van der Waals surface area contributed by atoms with Crippen LogP contribution in [0.1, 0.15) is 22.5 Å². The SMILES string of the molecule is Cc1c(Cl)cccc1NC(=O)/C(C#N)=C/c1cc(C)n(-c2ccc(O)cc2)c1C. The third kappa shape index (κ3) is 4.18. The first-order chi connectivity index (χ1) is 13.8. The highest BCUT2D eigenvalue weighted by atomic mass is 35.5. The number of amides is 1. The molecule has 29 heavy (non-hydrogen) atoms. The number of nitrogens with zero attached hydrogens (tertiary/aromatic N) is 2. The molecule has 0 saturated heterocycles. The Morgan fingerprint density at radius 3 is 2.52 bits per heavy atom. The molecule has 2 N–H and O–H groups in total. The lowest BCUT2D eigenvalue weighted by molar-refractivity contribution is -0.112. The van der Waals surface area contributed by atoms with Gasteiger partial charge in [-0.15, -0.1) is 0 Å². The summed E-state index contributed by atoms with van der Waals surface area (Å²) in [6, 6.07) is 16.0. The van der Waals surface area contributed by atoms with Gasteiger partial charge in [0, 0.05) is 27.8 Å². The van der Waals surface area contributed by atoms with E-state index in [1.807, 2.05) is 42.7 Å². The van der Waals surface area contributed by atoms with E-state index in [1.165, 1.54) is 0 Å². The molecule has 0 spiro atoms. The lowest BCUT2D eigenvalue weighted by atomic mass is 10.1. The molecule has 0 aliphatic carbocycles. The van der Waals surface area contributed by atoms with Crippen molar-refractivity contribution in [2.45, 2.75) is 20.8 Å². The van der Waals surface area contributed by atoms with E-state index in [4.69, 9.17) is 11.6 Å². The maximum absolute atomic E-state index is 12.6. The van der Waals surface area contributed by atoms with Crippen LogP contribution in [0.15, 0.2) is 54.1 Å². The predicted octanol–water partition coefficient (Wildman–Crippen LogP) is 5.31. The maximum Gasteiger partial charge on any atom is 0.266 e. The van der Waals surface area contributed by atoms with Crippen LogP contribution >= 0.6 is 11.6 Å². The van der Waals surface area contributed by atoms with Crippen molar-refractivity contribution < 1.29 is 9.90 Å². The Labute approximate surface area is 174 Å². The number of phenolic OH excluding ortho intramolecular Hbond substituents is 1. The average Bonchev–Trinajstić information content (AvgIpc) is 2.97. The zero-order chi connectivity index (χ0) is 21.1. The second-order valence-electron chi connectivity index (χ2n) is 6.71. The van der Waals surface area contributed by atoms with Crippen molar-refractivity contribution in [2.75, 3.05) is 5.32 Å². The summed E-state index contributed by atoms with van der Waals surface area (Å²) < 4.78 is 2.00. The summed E-state index contributed by atoms with van der Waals surface area (Å²) >= 11 is 6.10. The molecule has 146 valence electrons. The smallest absolute Gasteiger partial charge is 0.266 e. The summed E-state index contributed by atoms with van der Waals surface area (Å²) in [6.45, 7) is 5.66. The Bertz CT molecular complexity index is 1150. The fraction of sp³-hybridized carbons (Fsp3) is 0.130. The molecule has 2 aromatic carbocycles. The van der Waals surface area contributed by atoms with Gasteiger partial charge in [0.1, 0.15) is 17.4 Å². The maximum atomic E-state index is 12.6. The van der Waals surface area contributed by atoms with Crippen LogP contribution in [0.5, 0.6) is 5.75 Å². The number of rotatable bonds is 4. The largest absolute Gasteiger partial charge is 0.508 e. The van der Waals surface area contributed by atoms with Crippen LogP contribution in [0.2, 0.25) is 5.02 Å². The van der Waals surface area contributed by atoms with Crippen LogP contribution in [0, 0.1) is 32.1 Å². The number of nitrogens with one attached hydrogen (secondary N) is 1. The Morgan fingerprint density at radius 2 is 1.86 bits per heavy atom. The van der Waals surface area contributed by atoms with Crippen molar-refractivity contribution in [3.63, 3.8) is 0 Å². The standard InChI is InChI=1S/C23H20ClN3O2/c1-14-11-17(16(3)27(14)19-7-9-20(28)10-8-19)12-18(13-25)23(29)26-22-6-4-5-21(24)15(22)2/h4-12,28H,1-3H3,(H,26,29)/b18-12+. The lowest BCUT2D eigenvalue weighted by Crippen LogP contribution is -2.14. The molecule has 3 aromatic rings. The molecule has 0 atom stereocenters. The molecule has 5 nitrogen and oxygen atoms in total. The summed E-state index contributed by atoms with van der Waals surface area (Å²) in [5.74, 6) is -0.302. The average molecular weight is 406 g/mol. The van der Waals surface area contributed by atoms with Gasteiger partial charge in [0.2, 0.25) is 0 Å². The molecule has 0 radical (unpaired) electrons. The van der Waals surface area contributed by atoms with Gasteiger partial charge < -0.3 is 15.0 Å². The van der Waals surface area contributed by atoms with E-state index < -0.39 is 5.91 Å². The minimum absolute atomic E-state index is 0.00432. The first-order valence-corrected chi connectivity index (χ1v) is 9.36. The highest BCUT2D eigenvalue weighted by Gasteiger charge is 2.15. The number of aromatic nitrogens is 1. The number of aryl methyl sites for hydroxylation is 1. The Kier molecular flexibility index (Phi) is 5.76. The van der Waals surface area contributed by atoms with E-state index in [2.05, 4.69) is 5.32 Å². The number of aromatic hydroxyl groups is 1. The molecule has 0 bridgehead atoms. The minimum atomic E-state index is -0.493. The van der Waals surface area contributed by atoms with Gasteiger partial charge in [-0.3, -0.25) is 4.79 Å². The van der Waals surface area contributed by atoms with Crippen LogP contribution in [-0.2, 0) is 4.79 Å². The normalized spacial score (nSPS) is 11.2. The molecule has 0 aliphatic rings. The van der Waals surface area contributed by atoms with E-state index in [9.17, 15) is 15.2 Å². The topological polar surface area (TPSA) is 78.0 Å². The fourth-order valence-corrected chi connectivity index (χ4v) is 3.34. The number of benzene rings is 2. The van der Waals surface area contributed by atoms with E-state index in [1.54, 1.807) is 43.3 Å². The molecule has 0 fully saturated rings. The van der Waals surface area contributed by atoms with Crippen molar-refractivity contribution in [1.82, 2.24) is 4.57 Å². The first kappa shape index (κ1) is 20.2. The molecule has 0 aliphatic heterocycles. The molecule has 6 heteroatoms. The van der Waals surface area contributed by atoms with E-state index in [0.29, 0.717) is 10.7 Å². The van der Waals surface area contributed by atoms with Crippen molar-refractivity contribution in [2.24, 2.45) is 0 Å². The highest BCUT2D eigenvalue weighted by molar-refractivity contribution is 6.31. The number of halogens is 1. The molecule has 3 rings (SSSR count). The molecular formula is C23H20ClN3O2. The highest BCUT2D eigenvalue weighted by Crippen LogP contribution is 2.26. The van der Waals surface area contributed by atoms with E-state index >= 15 is 0 Å². The van der Waals surface area contributed by atoms with Gasteiger partial charge >= 0.3 is 0 Å². The third-order valence-corrected chi connectivity index (χ3v) is 5.17. The summed E-state index contributed by atoms with van der Waals surface area (Å²) in [4.78, 5) is 12.6. The number of carbonyl (C=O) groups is 1. The van der Waals surface area contributed by atoms with Crippen molar-refractivity contribution in [3.8, 4) is 17.5 Å². The monoisotopic (exact) mass is 405 g/mol. The molecule has 1 amide bonds. The van der Waals surface area contributed by atoms with Gasteiger partial charge in [-0.05, 0) is 80.4 Å². The zero-order valence-corrected chi connectivity index (χ0v) is 17.1. The Hall–Kier alpha value is -3.49. The number of phenols is 1. The quantitative estimate of drug-likeness (QED) is 0.456. The second-order valence-corrected chi connectivity index (χ2v) is 7.12. The van der Waals surface area contributed by atoms with Gasteiger partial charge in [0.25, 0.3) is 5.91 Å². The summed E-state index contributed by atoms with van der Waals surface area (Å²) in [7, 11) is 0. The second kappa shape index (κ2) is 8.26. The molecule has 0 unspecified atom stereocenters. The molecule has 1 heterocycles. The van der Waals surface area contributed by atoms with E-state index in [-0.39, 0.29) is 11.3 Å². The predicted molar refractivity (Wildman–Crippen MR) is 115 cm³/mol. The number of hydrogen-bond donors (Lipinski definition) is 2. The first-order valence-electron chi connectivity index (χ1n) is 8.98. The van der Waals surface area contributed by atoms with Crippen molar-refractivity contribution in [3.05, 3.63) is 81.6 Å². The summed E-state index contributed by atoms with van der Waals surface area (Å²) in [6.07, 6.45) is 1.58. The summed E-state index contributed by atoms with van der Waals surface area (Å²) in [5.41, 5.74) is 4.79. The van der Waals surface area contributed by atoms with Gasteiger partial charge in [0.05, 0.1) is 0 Å². The molecular weight excluding hydrogens is 386 g/mol. The Balaban J connectivity index is 1.94. The minimum Gasteiger partial charge on any atom is -0.508 e. The van der Waals surface area contributed by atoms with Crippen LogP contribution in [0.4, 0.5) is 5.69 Å². The van der Waals surface area contributed by atoms with Gasteiger partial charge in [-0.25, -0.2) is 0 Å². The van der Waals surface area contributed by atoms with Crippen molar-refractivity contribution >= 4 is 29.3 Å². The van der Waals surface area contributed by atoms with Gasteiger partial charge in [-0.2, -0.15) is 5.26 Å². The van der Waals surface area contributed by atoms with Crippen molar-refractivity contribution in [1.29, 1.82) is 5.26 Å². The van der Waals surface area contributed by atoms with Crippen LogP contribution in [-0.4, -0.2) is 15.6 Å². The molecule has 0 saturated carbocycles. The summed E-state index contributed by atoms with van der Waals surface area (Å²) in [5, 5.41) is 22.3. The third-order valence-electron chi connectivity index (χ3n) is 4.76. The number of hydrogen-bond acceptors (Lipinski definition) is 3. The van der Waals surface area contributed by atoms with Crippen LogP contribution in [0.25, 0.3) is 11.8 Å². The fourth-order valence-electron chi connectivity index (χ4n) is 3.17. The lowest BCUT2D eigenvalue weighted by Gasteiger charge is -2.10. The van der Waals surface area contributed by atoms with Gasteiger partial charge in [0.15, 0.2) is 0 Å². The Morgan fingerprint density at radius 1 is 1.17 bits per heavy atom. The van der Waals surface area contributed by atoms with Crippen LogP contribution < -0.4 is 5.32 Å². The van der Waals surface area contributed by atoms with E-state index in [0.717, 1.165) is 28.2 Å². The zero-order valence-electron chi connectivity index (χ0n) is 16.3. The number of nitriles is 1.